The molecule has 1 aromatic rings. The van der Waals surface area contributed by atoms with E-state index in [1.54, 1.807) is 12.4 Å². The number of aromatic nitrogens is 2. The summed E-state index contributed by atoms with van der Waals surface area (Å²) in [7, 11) is 0. The quantitative estimate of drug-likeness (QED) is 0.592. The first kappa shape index (κ1) is 3.00. The maximum Gasteiger partial charge on any atom is 0.194 e. The molecule has 0 amide bonds. The van der Waals surface area contributed by atoms with Gasteiger partial charge in [-0.15, -0.1) is 0 Å². The first-order valence-corrected chi connectivity index (χ1v) is 3.83. The smallest absolute Gasteiger partial charge is 0.194 e. The summed E-state index contributed by atoms with van der Waals surface area (Å²) in [6, 6.07) is 0. The summed E-state index contributed by atoms with van der Waals surface area (Å²) >= 11 is 1.45. The number of thioether (sulfide) groups is 1. The summed E-state index contributed by atoms with van der Waals surface area (Å²) in [5.74, 6) is 0.590. The Kier molecular flexibility index (Phi) is 0.617. The Labute approximate surface area is 74.2 Å². The molecule has 0 fully saturated rings. The highest BCUT2D eigenvalue weighted by Gasteiger charge is 2.21. The van der Waals surface area contributed by atoms with Crippen molar-refractivity contribution in [2.75, 3.05) is 5.75 Å². The van der Waals surface area contributed by atoms with Crippen molar-refractivity contribution < 1.29 is 16.7 Å². The van der Waals surface area contributed by atoms with Gasteiger partial charge >= 0.3 is 0 Å². The third kappa shape index (κ3) is 0.724. The van der Waals surface area contributed by atoms with Crippen LogP contribution in [-0.2, 0) is 0 Å². The zero-order valence-corrected chi connectivity index (χ0v) is 5.89. The van der Waals surface area contributed by atoms with E-state index >= 15 is 0 Å². The highest BCUT2D eigenvalue weighted by atomic mass is 32.2. The second-order valence-corrected chi connectivity index (χ2v) is 2.89. The lowest BCUT2D eigenvalue weighted by molar-refractivity contribution is 0.101. The molecule has 0 spiro atoms. The molecule has 2 heterocycles. The third-order valence-electron chi connectivity index (χ3n) is 1.27. The van der Waals surface area contributed by atoms with Crippen molar-refractivity contribution in [3.63, 3.8) is 0 Å². The third-order valence-corrected chi connectivity index (χ3v) is 2.25. The Hall–Kier alpha value is -0.900. The number of carbonyl (C=O) groups is 1. The molecule has 4 heteroatoms. The van der Waals surface area contributed by atoms with E-state index in [0.717, 1.165) is 5.03 Å². The van der Waals surface area contributed by atoms with Gasteiger partial charge in [0.05, 0.1) is 5.75 Å². The second kappa shape index (κ2) is 2.05. The molecule has 1 aliphatic heterocycles. The minimum absolute atomic E-state index is 0.0908. The van der Waals surface area contributed by atoms with Crippen molar-refractivity contribution in [2.45, 2.75) is 5.03 Å². The molecule has 0 N–H and O–H groups in total. The van der Waals surface area contributed by atoms with E-state index in [1.165, 1.54) is 11.8 Å². The van der Waals surface area contributed by atoms with Gasteiger partial charge in [-0.05, 0) is 0 Å². The van der Waals surface area contributed by atoms with Crippen molar-refractivity contribution in [1.82, 2.24) is 9.97 Å². The van der Waals surface area contributed by atoms with Gasteiger partial charge in [0.1, 0.15) is 10.7 Å². The molecule has 0 aromatic carbocycles. The van der Waals surface area contributed by atoms with Gasteiger partial charge in [-0.2, -0.15) is 0 Å². The number of Topliss-reactive ketones (excluding diaryl/α,β-unsaturated/α-hetero) is 1. The molecule has 1 aliphatic rings. The SMILES string of the molecule is O=C1CSc2nccnc21.[2H][2H].[2H][2H].[2H][2H].[2H][2H]. The van der Waals surface area contributed by atoms with Crippen LogP contribution in [0.5, 0.6) is 0 Å². The van der Waals surface area contributed by atoms with Gasteiger partial charge in [0.15, 0.2) is 5.78 Å². The van der Waals surface area contributed by atoms with Crippen LogP contribution in [0.4, 0.5) is 0 Å². The number of carbonyl (C=O) groups excluding carboxylic acids is 1. The number of nitrogens with zero attached hydrogens (tertiary/aromatic N) is 2. The molecule has 0 atom stereocenters. The Morgan fingerprint density at radius 2 is 2.40 bits per heavy atom. The van der Waals surface area contributed by atoms with Gasteiger partial charge in [0.25, 0.3) is 0 Å². The monoisotopic (exact) mass is 168 g/mol. The summed E-state index contributed by atoms with van der Waals surface area (Å²) in [5.41, 5.74) is 0.535. The topological polar surface area (TPSA) is 42.9 Å². The van der Waals surface area contributed by atoms with Crippen molar-refractivity contribution in [3.05, 3.63) is 18.1 Å². The Bertz CT molecular complexity index is 305. The van der Waals surface area contributed by atoms with E-state index in [-0.39, 0.29) is 5.78 Å². The van der Waals surface area contributed by atoms with Crippen LogP contribution >= 0.6 is 11.8 Å². The first-order chi connectivity index (χ1) is 8.88. The average molecular weight is 168 g/mol. The molecule has 0 bridgehead atoms. The predicted octanol–water partition coefficient (Wildman–Crippen LogP) is 1.75. The standard InChI is InChI=1S/C6H4N2OS.4H2/c9-4-3-10-6-5(4)7-1-2-8-6;;;;/h1-2H,3H2;4*1H/i;4*1+1D. The van der Waals surface area contributed by atoms with Crippen LogP contribution in [0.25, 0.3) is 0 Å². The number of ketones is 1. The van der Waals surface area contributed by atoms with Crippen molar-refractivity contribution >= 4 is 17.5 Å². The molecule has 0 aliphatic carbocycles. The molecule has 58 valence electrons. The summed E-state index contributed by atoms with van der Waals surface area (Å²) in [6.07, 6.45) is 3.15. The maximum absolute atomic E-state index is 10.9. The minimum Gasteiger partial charge on any atom is -0.291 e. The largest absolute Gasteiger partial charge is 0.291 e. The van der Waals surface area contributed by atoms with Crippen LogP contribution in [0.15, 0.2) is 17.4 Å². The second-order valence-electron chi connectivity index (χ2n) is 1.92. The molecular formula is C6H12N2OS. The van der Waals surface area contributed by atoms with E-state index in [2.05, 4.69) is 9.97 Å². The van der Waals surface area contributed by atoms with Crippen molar-refractivity contribution in [3.8, 4) is 0 Å². The van der Waals surface area contributed by atoms with Crippen LogP contribution in [0.2, 0.25) is 0 Å². The Morgan fingerprint density at radius 3 is 3.20 bits per heavy atom. The molecule has 2 rings (SSSR count). The lowest BCUT2D eigenvalue weighted by atomic mass is 10.3. The average Bonchev–Trinajstić information content (AvgIpc) is 2.90. The van der Waals surface area contributed by atoms with Gasteiger partial charge in [0, 0.05) is 24.3 Å². The predicted molar refractivity (Wildman–Crippen MR) is 45.5 cm³/mol. The lowest BCUT2D eigenvalue weighted by Crippen LogP contribution is -1.98. The lowest BCUT2D eigenvalue weighted by Gasteiger charge is -1.89. The fourth-order valence-electron chi connectivity index (χ4n) is 0.824. The molecule has 0 radical (unpaired) electrons. The van der Waals surface area contributed by atoms with Crippen molar-refractivity contribution in [1.29, 1.82) is 0 Å². The van der Waals surface area contributed by atoms with Crippen LogP contribution in [-0.4, -0.2) is 21.5 Å². The molecular weight excluding hydrogens is 148 g/mol. The Balaban J connectivity index is -0.000000244. The molecule has 10 heavy (non-hydrogen) atoms. The summed E-state index contributed by atoms with van der Waals surface area (Å²) < 4.78 is 40.0. The normalized spacial score (nSPS) is 18.6. The van der Waals surface area contributed by atoms with Gasteiger partial charge in [-0.25, -0.2) is 9.97 Å². The van der Waals surface area contributed by atoms with E-state index in [0.29, 0.717) is 11.4 Å². The zero-order chi connectivity index (χ0) is 15.0. The van der Waals surface area contributed by atoms with Crippen LogP contribution < -0.4 is 0 Å². The number of fused-ring (bicyclic) bond motifs is 1. The van der Waals surface area contributed by atoms with Crippen LogP contribution in [0.1, 0.15) is 22.4 Å². The molecule has 0 unspecified atom stereocenters. The summed E-state index contributed by atoms with van der Waals surface area (Å²) in [4.78, 5) is 18.8. The van der Waals surface area contributed by atoms with E-state index in [9.17, 15) is 4.79 Å². The highest BCUT2D eigenvalue weighted by molar-refractivity contribution is 8.00. The first-order valence-electron chi connectivity index (χ1n) is 6.85. The Morgan fingerprint density at radius 1 is 1.60 bits per heavy atom. The van der Waals surface area contributed by atoms with E-state index in [1.807, 2.05) is 0 Å². The fraction of sp³-hybridized carbons (Fsp3) is 0.167. The van der Waals surface area contributed by atoms with E-state index in [4.69, 9.17) is 11.9 Å². The highest BCUT2D eigenvalue weighted by Crippen LogP contribution is 2.26. The number of hydrogen-bond acceptors (Lipinski definition) is 4. The minimum atomic E-state index is 0.0908. The van der Waals surface area contributed by atoms with Gasteiger partial charge < -0.3 is 0 Å². The molecule has 1 aromatic heterocycles. The van der Waals surface area contributed by atoms with Crippen LogP contribution in [0.3, 0.4) is 0 Å². The van der Waals surface area contributed by atoms with Crippen molar-refractivity contribution in [2.24, 2.45) is 0 Å². The number of rotatable bonds is 0. The van der Waals surface area contributed by atoms with Gasteiger partial charge in [0.2, 0.25) is 0 Å². The molecule has 0 saturated heterocycles. The molecule has 3 nitrogen and oxygen atoms in total. The summed E-state index contributed by atoms with van der Waals surface area (Å²) in [6.45, 7) is 0. The summed E-state index contributed by atoms with van der Waals surface area (Å²) in [5, 5.41) is 0.771. The maximum atomic E-state index is 10.9. The number of hydrogen-bond donors (Lipinski definition) is 0. The van der Waals surface area contributed by atoms with E-state index < -0.39 is 0 Å². The van der Waals surface area contributed by atoms with Crippen LogP contribution in [0, 0.1) is 0 Å². The van der Waals surface area contributed by atoms with Gasteiger partial charge in [-0.1, -0.05) is 11.8 Å². The molecule has 0 saturated carbocycles. The fourth-order valence-corrected chi connectivity index (χ4v) is 1.67. The zero-order valence-electron chi connectivity index (χ0n) is 13.1. The van der Waals surface area contributed by atoms with Gasteiger partial charge in [-0.3, -0.25) is 4.79 Å².